The van der Waals surface area contributed by atoms with Crippen LogP contribution < -0.4 is 0 Å². The number of hydrogen-bond acceptors (Lipinski definition) is 4. The number of amides is 3. The molecule has 1 aromatic rings. The normalized spacial score (nSPS) is 23.3. The van der Waals surface area contributed by atoms with E-state index in [4.69, 9.17) is 0 Å². The monoisotopic (exact) mass is 384 g/mol. The Balaban J connectivity index is 1.38. The van der Waals surface area contributed by atoms with Gasteiger partial charge in [-0.3, -0.25) is 14.4 Å². The summed E-state index contributed by atoms with van der Waals surface area (Å²) in [6.07, 6.45) is 1.67. The lowest BCUT2D eigenvalue weighted by Gasteiger charge is -2.36. The van der Waals surface area contributed by atoms with E-state index in [1.54, 1.807) is 9.80 Å². The zero-order valence-electron chi connectivity index (χ0n) is 16.5. The molecule has 3 aliphatic rings. The fraction of sp³-hybridized carbons (Fsp3) is 0.571. The molecule has 0 unspecified atom stereocenters. The standard InChI is InChI=1S/C21H28N4O3/c1-2-22-10-12-23(13-11-22)20(27)17-7-5-16(6-8-17)14-24-15-19(26)25-9-3-4-18(25)21(24)28/h5-8,18H,2-4,9-15H2,1H3/t18-/m0/s1. The summed E-state index contributed by atoms with van der Waals surface area (Å²) in [4.78, 5) is 45.2. The Morgan fingerprint density at radius 2 is 1.75 bits per heavy atom. The second-order valence-electron chi connectivity index (χ2n) is 7.86. The summed E-state index contributed by atoms with van der Waals surface area (Å²) in [6, 6.07) is 7.19. The van der Waals surface area contributed by atoms with Gasteiger partial charge in [0.15, 0.2) is 0 Å². The van der Waals surface area contributed by atoms with Gasteiger partial charge in [0.1, 0.15) is 12.6 Å². The zero-order chi connectivity index (χ0) is 19.7. The molecule has 0 saturated carbocycles. The van der Waals surface area contributed by atoms with Gasteiger partial charge in [0.25, 0.3) is 5.91 Å². The molecule has 3 heterocycles. The Hall–Kier alpha value is -2.41. The summed E-state index contributed by atoms with van der Waals surface area (Å²) >= 11 is 0. The van der Waals surface area contributed by atoms with Crippen LogP contribution >= 0.6 is 0 Å². The first-order valence-corrected chi connectivity index (χ1v) is 10.3. The maximum atomic E-state index is 12.7. The van der Waals surface area contributed by atoms with Crippen LogP contribution in [0.4, 0.5) is 0 Å². The highest BCUT2D eigenvalue weighted by molar-refractivity contribution is 5.95. The van der Waals surface area contributed by atoms with Crippen LogP contribution in [0, 0.1) is 0 Å². The lowest BCUT2D eigenvalue weighted by molar-refractivity contribution is -0.154. The van der Waals surface area contributed by atoms with Crippen molar-refractivity contribution in [2.24, 2.45) is 0 Å². The first-order valence-electron chi connectivity index (χ1n) is 10.3. The summed E-state index contributed by atoms with van der Waals surface area (Å²) in [5.41, 5.74) is 1.62. The quantitative estimate of drug-likeness (QED) is 0.770. The summed E-state index contributed by atoms with van der Waals surface area (Å²) < 4.78 is 0. The van der Waals surface area contributed by atoms with Gasteiger partial charge < -0.3 is 19.6 Å². The number of fused-ring (bicyclic) bond motifs is 1. The Bertz CT molecular complexity index is 755. The van der Waals surface area contributed by atoms with Crippen LogP contribution in [0.5, 0.6) is 0 Å². The van der Waals surface area contributed by atoms with Crippen molar-refractivity contribution in [1.29, 1.82) is 0 Å². The van der Waals surface area contributed by atoms with Crippen LogP contribution in [0.2, 0.25) is 0 Å². The van der Waals surface area contributed by atoms with Crippen LogP contribution in [0.15, 0.2) is 24.3 Å². The van der Waals surface area contributed by atoms with E-state index < -0.39 is 0 Å². The number of nitrogens with zero attached hydrogens (tertiary/aromatic N) is 4. The molecular formula is C21H28N4O3. The second-order valence-corrected chi connectivity index (χ2v) is 7.86. The minimum absolute atomic E-state index is 0.0418. The molecule has 0 radical (unpaired) electrons. The van der Waals surface area contributed by atoms with Crippen molar-refractivity contribution in [1.82, 2.24) is 19.6 Å². The van der Waals surface area contributed by atoms with E-state index in [9.17, 15) is 14.4 Å². The predicted octanol–water partition coefficient (Wildman–Crippen LogP) is 0.798. The van der Waals surface area contributed by atoms with Crippen LogP contribution in [-0.4, -0.2) is 89.2 Å². The maximum absolute atomic E-state index is 12.7. The first-order chi connectivity index (χ1) is 13.6. The third kappa shape index (κ3) is 3.63. The van der Waals surface area contributed by atoms with E-state index in [1.165, 1.54) is 0 Å². The van der Waals surface area contributed by atoms with Crippen LogP contribution in [-0.2, 0) is 16.1 Å². The van der Waals surface area contributed by atoms with Gasteiger partial charge >= 0.3 is 0 Å². The van der Waals surface area contributed by atoms with Gasteiger partial charge in [-0.05, 0) is 37.1 Å². The van der Waals surface area contributed by atoms with Gasteiger partial charge in [0.05, 0.1) is 0 Å². The predicted molar refractivity (Wildman–Crippen MR) is 105 cm³/mol. The third-order valence-corrected chi connectivity index (χ3v) is 6.18. The van der Waals surface area contributed by atoms with E-state index in [0.29, 0.717) is 18.7 Å². The Kier molecular flexibility index (Phi) is 5.35. The van der Waals surface area contributed by atoms with Gasteiger partial charge in [0, 0.05) is 44.8 Å². The minimum atomic E-state index is -0.274. The average molecular weight is 384 g/mol. The zero-order valence-corrected chi connectivity index (χ0v) is 16.5. The maximum Gasteiger partial charge on any atom is 0.253 e. The Labute approximate surface area is 165 Å². The van der Waals surface area contributed by atoms with Gasteiger partial charge in [0.2, 0.25) is 11.8 Å². The molecule has 1 atom stereocenters. The molecule has 28 heavy (non-hydrogen) atoms. The van der Waals surface area contributed by atoms with Gasteiger partial charge in [-0.1, -0.05) is 19.1 Å². The van der Waals surface area contributed by atoms with Crippen molar-refractivity contribution in [3.8, 4) is 0 Å². The lowest BCUT2D eigenvalue weighted by atomic mass is 10.1. The molecule has 0 aliphatic carbocycles. The molecule has 1 aromatic carbocycles. The first kappa shape index (κ1) is 18.9. The highest BCUT2D eigenvalue weighted by Crippen LogP contribution is 2.24. The largest absolute Gasteiger partial charge is 0.336 e. The molecule has 3 amide bonds. The number of rotatable bonds is 4. The molecule has 3 aliphatic heterocycles. The fourth-order valence-electron chi connectivity index (χ4n) is 4.42. The number of hydrogen-bond donors (Lipinski definition) is 0. The number of likely N-dealkylation sites (N-methyl/N-ethyl adjacent to an activating group) is 1. The number of piperazine rings is 2. The molecule has 7 nitrogen and oxygen atoms in total. The SMILES string of the molecule is CCN1CCN(C(=O)c2ccc(CN3CC(=O)N4CCC[C@H]4C3=O)cc2)CC1. The molecule has 0 bridgehead atoms. The molecule has 3 saturated heterocycles. The van der Waals surface area contributed by atoms with Crippen molar-refractivity contribution in [2.75, 3.05) is 45.8 Å². The van der Waals surface area contributed by atoms with Gasteiger partial charge in [-0.15, -0.1) is 0 Å². The topological polar surface area (TPSA) is 64.2 Å². The number of benzene rings is 1. The van der Waals surface area contributed by atoms with E-state index in [0.717, 1.165) is 51.1 Å². The average Bonchev–Trinajstić information content (AvgIpc) is 3.23. The van der Waals surface area contributed by atoms with Crippen molar-refractivity contribution >= 4 is 17.7 Å². The number of carbonyl (C=O) groups is 3. The van der Waals surface area contributed by atoms with E-state index in [2.05, 4.69) is 11.8 Å². The summed E-state index contributed by atoms with van der Waals surface area (Å²) in [5.74, 6) is 0.152. The highest BCUT2D eigenvalue weighted by Gasteiger charge is 2.41. The second kappa shape index (κ2) is 7.91. The van der Waals surface area contributed by atoms with Crippen molar-refractivity contribution in [3.63, 3.8) is 0 Å². The van der Waals surface area contributed by atoms with E-state index in [-0.39, 0.29) is 30.3 Å². The molecule has 150 valence electrons. The van der Waals surface area contributed by atoms with Crippen molar-refractivity contribution in [3.05, 3.63) is 35.4 Å². The van der Waals surface area contributed by atoms with Gasteiger partial charge in [-0.2, -0.15) is 0 Å². The fourth-order valence-corrected chi connectivity index (χ4v) is 4.42. The van der Waals surface area contributed by atoms with Crippen LogP contribution in [0.25, 0.3) is 0 Å². The summed E-state index contributed by atoms with van der Waals surface area (Å²) in [6.45, 7) is 7.79. The number of carbonyl (C=O) groups excluding carboxylic acids is 3. The molecule has 3 fully saturated rings. The molecule has 4 rings (SSSR count). The minimum Gasteiger partial charge on any atom is -0.336 e. The van der Waals surface area contributed by atoms with Gasteiger partial charge in [-0.25, -0.2) is 0 Å². The molecule has 0 N–H and O–H groups in total. The Morgan fingerprint density at radius 3 is 2.43 bits per heavy atom. The lowest BCUT2D eigenvalue weighted by Crippen LogP contribution is -2.56. The van der Waals surface area contributed by atoms with Crippen molar-refractivity contribution < 1.29 is 14.4 Å². The van der Waals surface area contributed by atoms with E-state index in [1.807, 2.05) is 29.2 Å². The van der Waals surface area contributed by atoms with Crippen LogP contribution in [0.3, 0.4) is 0 Å². The van der Waals surface area contributed by atoms with E-state index >= 15 is 0 Å². The summed E-state index contributed by atoms with van der Waals surface area (Å²) in [7, 11) is 0. The molecule has 7 heteroatoms. The molecule has 0 spiro atoms. The van der Waals surface area contributed by atoms with Crippen molar-refractivity contribution in [2.45, 2.75) is 32.4 Å². The summed E-state index contributed by atoms with van der Waals surface area (Å²) in [5, 5.41) is 0. The smallest absolute Gasteiger partial charge is 0.253 e. The van der Waals surface area contributed by atoms with Crippen LogP contribution in [0.1, 0.15) is 35.7 Å². The molecule has 0 aromatic heterocycles. The Morgan fingerprint density at radius 1 is 1.04 bits per heavy atom. The highest BCUT2D eigenvalue weighted by atomic mass is 16.2. The molecular weight excluding hydrogens is 356 g/mol. The third-order valence-electron chi connectivity index (χ3n) is 6.18.